The summed E-state index contributed by atoms with van der Waals surface area (Å²) in [7, 11) is 0. The highest BCUT2D eigenvalue weighted by Crippen LogP contribution is 2.13. The molecule has 2 unspecified atom stereocenters. The fourth-order valence-corrected chi connectivity index (χ4v) is 2.55. The van der Waals surface area contributed by atoms with Crippen LogP contribution in [-0.2, 0) is 11.2 Å². The van der Waals surface area contributed by atoms with Gasteiger partial charge < -0.3 is 10.2 Å². The van der Waals surface area contributed by atoms with Gasteiger partial charge in [0.25, 0.3) is 0 Å². The Balaban J connectivity index is 1.91. The van der Waals surface area contributed by atoms with Crippen molar-refractivity contribution in [2.75, 3.05) is 13.1 Å². The van der Waals surface area contributed by atoms with Crippen LogP contribution in [-0.4, -0.2) is 41.0 Å². The lowest BCUT2D eigenvalue weighted by atomic mass is 10.1. The van der Waals surface area contributed by atoms with Crippen LogP contribution in [0.25, 0.3) is 0 Å². The summed E-state index contributed by atoms with van der Waals surface area (Å²) in [4.78, 5) is 18.4. The lowest BCUT2D eigenvalue weighted by Gasteiger charge is -2.39. The third-order valence-corrected chi connectivity index (χ3v) is 3.47. The number of carbonyl (C=O) groups excluding carboxylic acids is 1. The molecule has 0 aliphatic carbocycles. The van der Waals surface area contributed by atoms with Gasteiger partial charge in [0.2, 0.25) is 5.91 Å². The second-order valence-electron chi connectivity index (χ2n) is 5.02. The minimum Gasteiger partial charge on any atom is -0.335 e. The van der Waals surface area contributed by atoms with Gasteiger partial charge in [-0.1, -0.05) is 6.07 Å². The lowest BCUT2D eigenvalue weighted by Crippen LogP contribution is -2.57. The molecule has 0 saturated carbocycles. The molecule has 1 amide bonds. The van der Waals surface area contributed by atoms with Gasteiger partial charge in [0, 0.05) is 44.0 Å². The Morgan fingerprint density at radius 1 is 1.44 bits per heavy atom. The average Bonchev–Trinajstić information content (AvgIpc) is 2.37. The normalized spacial score (nSPS) is 24.0. The molecule has 2 rings (SSSR count). The van der Waals surface area contributed by atoms with Crippen LogP contribution in [0.3, 0.4) is 0 Å². The molecular weight excluding hydrogens is 226 g/mol. The van der Waals surface area contributed by atoms with Crippen molar-refractivity contribution in [3.8, 4) is 0 Å². The molecule has 4 heteroatoms. The van der Waals surface area contributed by atoms with Crippen molar-refractivity contribution in [3.05, 3.63) is 30.1 Å². The van der Waals surface area contributed by atoms with E-state index in [4.69, 9.17) is 0 Å². The zero-order chi connectivity index (χ0) is 13.0. The number of rotatable bonds is 3. The van der Waals surface area contributed by atoms with Crippen molar-refractivity contribution in [2.24, 2.45) is 0 Å². The molecule has 18 heavy (non-hydrogen) atoms. The van der Waals surface area contributed by atoms with E-state index in [0.717, 1.165) is 25.1 Å². The number of nitrogens with one attached hydrogen (secondary N) is 1. The summed E-state index contributed by atoms with van der Waals surface area (Å²) in [5.74, 6) is 0.250. The summed E-state index contributed by atoms with van der Waals surface area (Å²) < 4.78 is 0. The number of aromatic nitrogens is 1. The van der Waals surface area contributed by atoms with Crippen LogP contribution in [0.1, 0.15) is 25.8 Å². The Labute approximate surface area is 108 Å². The molecule has 1 aromatic rings. The van der Waals surface area contributed by atoms with Gasteiger partial charge in [-0.3, -0.25) is 9.78 Å². The number of hydrogen-bond acceptors (Lipinski definition) is 3. The molecule has 2 atom stereocenters. The van der Waals surface area contributed by atoms with E-state index in [-0.39, 0.29) is 18.0 Å². The zero-order valence-electron chi connectivity index (χ0n) is 11.1. The minimum absolute atomic E-state index is 0.250. The number of nitrogens with zero attached hydrogens (tertiary/aromatic N) is 2. The second-order valence-corrected chi connectivity index (χ2v) is 5.02. The number of pyridine rings is 1. The molecule has 0 aromatic carbocycles. The molecule has 1 fully saturated rings. The van der Waals surface area contributed by atoms with Gasteiger partial charge in [-0.2, -0.15) is 0 Å². The number of amides is 1. The first-order chi connectivity index (χ1) is 8.68. The lowest BCUT2D eigenvalue weighted by molar-refractivity contribution is -0.136. The third-order valence-electron chi connectivity index (χ3n) is 3.47. The monoisotopic (exact) mass is 247 g/mol. The van der Waals surface area contributed by atoms with E-state index >= 15 is 0 Å². The first-order valence-electron chi connectivity index (χ1n) is 6.59. The molecule has 2 heterocycles. The number of carbonyl (C=O) groups is 1. The molecular formula is C14H21N3O. The third kappa shape index (κ3) is 3.07. The maximum Gasteiger partial charge on any atom is 0.223 e. The molecule has 1 saturated heterocycles. The molecule has 1 aliphatic heterocycles. The molecule has 1 aliphatic rings. The van der Waals surface area contributed by atoms with Crippen LogP contribution < -0.4 is 5.32 Å². The van der Waals surface area contributed by atoms with Gasteiger partial charge in [-0.15, -0.1) is 0 Å². The minimum atomic E-state index is 0.250. The first kappa shape index (κ1) is 13.0. The van der Waals surface area contributed by atoms with E-state index in [1.165, 1.54) is 0 Å². The standard InChI is InChI=1S/C14H21N3O/c1-11-8-16-9-12(2)17(11)14(18)6-5-13-4-3-7-15-10-13/h3-4,7,10-12,16H,5-6,8-9H2,1-2H3. The van der Waals surface area contributed by atoms with E-state index in [9.17, 15) is 4.79 Å². The number of aryl methyl sites for hydroxylation is 1. The fourth-order valence-electron chi connectivity index (χ4n) is 2.55. The van der Waals surface area contributed by atoms with E-state index in [0.29, 0.717) is 6.42 Å². The summed E-state index contributed by atoms with van der Waals surface area (Å²) in [6.07, 6.45) is 4.93. The maximum atomic E-state index is 12.3. The Hall–Kier alpha value is -1.42. The molecule has 1 aromatic heterocycles. The van der Waals surface area contributed by atoms with Gasteiger partial charge in [0.1, 0.15) is 0 Å². The fraction of sp³-hybridized carbons (Fsp3) is 0.571. The molecule has 98 valence electrons. The SMILES string of the molecule is CC1CNCC(C)N1C(=O)CCc1cccnc1. The highest BCUT2D eigenvalue weighted by atomic mass is 16.2. The van der Waals surface area contributed by atoms with Crippen molar-refractivity contribution in [1.82, 2.24) is 15.2 Å². The largest absolute Gasteiger partial charge is 0.335 e. The summed E-state index contributed by atoms with van der Waals surface area (Å²) in [5, 5.41) is 3.34. The number of piperazine rings is 1. The maximum absolute atomic E-state index is 12.3. The highest BCUT2D eigenvalue weighted by molar-refractivity contribution is 5.77. The predicted octanol–water partition coefficient (Wildman–Crippen LogP) is 1.22. The number of hydrogen-bond donors (Lipinski definition) is 1. The van der Waals surface area contributed by atoms with Crippen LogP contribution in [0, 0.1) is 0 Å². The highest BCUT2D eigenvalue weighted by Gasteiger charge is 2.28. The van der Waals surface area contributed by atoms with Crippen molar-refractivity contribution >= 4 is 5.91 Å². The Kier molecular flexibility index (Phi) is 4.31. The molecule has 1 N–H and O–H groups in total. The van der Waals surface area contributed by atoms with Crippen molar-refractivity contribution < 1.29 is 4.79 Å². The van der Waals surface area contributed by atoms with Crippen molar-refractivity contribution in [2.45, 2.75) is 38.8 Å². The average molecular weight is 247 g/mol. The van der Waals surface area contributed by atoms with Gasteiger partial charge in [0.05, 0.1) is 0 Å². The molecule has 0 bridgehead atoms. The van der Waals surface area contributed by atoms with Crippen LogP contribution >= 0.6 is 0 Å². The van der Waals surface area contributed by atoms with E-state index in [2.05, 4.69) is 24.1 Å². The first-order valence-corrected chi connectivity index (χ1v) is 6.59. The Bertz CT molecular complexity index is 383. The van der Waals surface area contributed by atoms with Crippen LogP contribution in [0.2, 0.25) is 0 Å². The van der Waals surface area contributed by atoms with Gasteiger partial charge in [-0.05, 0) is 31.9 Å². The van der Waals surface area contributed by atoms with Crippen LogP contribution in [0.15, 0.2) is 24.5 Å². The van der Waals surface area contributed by atoms with Crippen LogP contribution in [0.5, 0.6) is 0 Å². The topological polar surface area (TPSA) is 45.2 Å². The van der Waals surface area contributed by atoms with Crippen molar-refractivity contribution in [1.29, 1.82) is 0 Å². The van der Waals surface area contributed by atoms with E-state index in [1.54, 1.807) is 6.20 Å². The molecule has 0 radical (unpaired) electrons. The predicted molar refractivity (Wildman–Crippen MR) is 71.2 cm³/mol. The Morgan fingerprint density at radius 2 is 2.17 bits per heavy atom. The molecule has 0 spiro atoms. The van der Waals surface area contributed by atoms with Crippen molar-refractivity contribution in [3.63, 3.8) is 0 Å². The van der Waals surface area contributed by atoms with Gasteiger partial charge >= 0.3 is 0 Å². The smallest absolute Gasteiger partial charge is 0.223 e. The Morgan fingerprint density at radius 3 is 2.78 bits per heavy atom. The van der Waals surface area contributed by atoms with E-state index < -0.39 is 0 Å². The van der Waals surface area contributed by atoms with Gasteiger partial charge in [-0.25, -0.2) is 0 Å². The quantitative estimate of drug-likeness (QED) is 0.873. The summed E-state index contributed by atoms with van der Waals surface area (Å²) in [5.41, 5.74) is 1.13. The zero-order valence-corrected chi connectivity index (χ0v) is 11.1. The summed E-state index contributed by atoms with van der Waals surface area (Å²) >= 11 is 0. The second kappa shape index (κ2) is 5.96. The molecule has 4 nitrogen and oxygen atoms in total. The van der Waals surface area contributed by atoms with E-state index in [1.807, 2.05) is 23.2 Å². The summed E-state index contributed by atoms with van der Waals surface area (Å²) in [6.45, 7) is 5.99. The van der Waals surface area contributed by atoms with Crippen LogP contribution in [0.4, 0.5) is 0 Å². The van der Waals surface area contributed by atoms with Gasteiger partial charge in [0.15, 0.2) is 0 Å². The summed E-state index contributed by atoms with van der Waals surface area (Å²) in [6, 6.07) is 4.51.